The van der Waals surface area contributed by atoms with Gasteiger partial charge in [-0.15, -0.1) is 11.3 Å². The molecule has 2 aromatic rings. The highest BCUT2D eigenvalue weighted by Crippen LogP contribution is 2.36. The van der Waals surface area contributed by atoms with E-state index in [1.54, 1.807) is 7.11 Å². The van der Waals surface area contributed by atoms with Gasteiger partial charge in [0.15, 0.2) is 5.13 Å². The van der Waals surface area contributed by atoms with Gasteiger partial charge in [-0.2, -0.15) is 0 Å². The van der Waals surface area contributed by atoms with Crippen LogP contribution in [0.25, 0.3) is 0 Å². The van der Waals surface area contributed by atoms with Gasteiger partial charge >= 0.3 is 0 Å². The van der Waals surface area contributed by atoms with Gasteiger partial charge in [0.1, 0.15) is 0 Å². The lowest BCUT2D eigenvalue weighted by atomic mass is 9.79. The van der Waals surface area contributed by atoms with E-state index in [2.05, 4.69) is 71.9 Å². The molecule has 0 radical (unpaired) electrons. The molecule has 1 aromatic heterocycles. The molecule has 33 heavy (non-hydrogen) atoms. The van der Waals surface area contributed by atoms with Crippen LogP contribution in [0.15, 0.2) is 29.6 Å². The van der Waals surface area contributed by atoms with Crippen molar-refractivity contribution in [3.05, 3.63) is 40.9 Å². The van der Waals surface area contributed by atoms with E-state index in [1.807, 2.05) is 18.3 Å². The smallest absolute Gasteiger partial charge is 0.185 e. The summed E-state index contributed by atoms with van der Waals surface area (Å²) < 4.78 is 4.54. The Hall–Kier alpha value is -1.63. The number of methoxy groups -OCH3 is 1. The number of thiazole rings is 1. The summed E-state index contributed by atoms with van der Waals surface area (Å²) in [5, 5.41) is 3.49. The fourth-order valence-electron chi connectivity index (χ4n) is 4.70. The van der Waals surface area contributed by atoms with Crippen molar-refractivity contribution in [3.8, 4) is 0 Å². The van der Waals surface area contributed by atoms with E-state index in [0.29, 0.717) is 0 Å². The third kappa shape index (κ3) is 7.69. The predicted molar refractivity (Wildman–Crippen MR) is 143 cm³/mol. The lowest BCUT2D eigenvalue weighted by Crippen LogP contribution is -2.41. The minimum absolute atomic E-state index is 0. The summed E-state index contributed by atoms with van der Waals surface area (Å²) in [4.78, 5) is 10.0. The first kappa shape index (κ1) is 27.6. The molecule has 186 valence electrons. The van der Waals surface area contributed by atoms with E-state index in [1.165, 1.54) is 73.9 Å². The van der Waals surface area contributed by atoms with Crippen molar-refractivity contribution in [3.63, 3.8) is 0 Å². The number of nitrogens with zero attached hydrogens (tertiary/aromatic N) is 3. The molecule has 1 aromatic carbocycles. The van der Waals surface area contributed by atoms with Gasteiger partial charge in [0.2, 0.25) is 0 Å². The maximum atomic E-state index is 4.93. The second kappa shape index (κ2) is 12.7. The molecule has 2 N–H and O–H groups in total. The zero-order valence-corrected chi connectivity index (χ0v) is 22.4. The molecule has 2 aliphatic rings. The van der Waals surface area contributed by atoms with Crippen LogP contribution < -0.4 is 9.80 Å². The number of hydrogen-bond acceptors (Lipinski definition) is 5. The molecule has 0 spiro atoms. The zero-order chi connectivity index (χ0) is 23.1. The van der Waals surface area contributed by atoms with Gasteiger partial charge in [0.25, 0.3) is 0 Å². The molecule has 5 nitrogen and oxygen atoms in total. The van der Waals surface area contributed by atoms with Gasteiger partial charge in [-0.1, -0.05) is 38.5 Å². The lowest BCUT2D eigenvalue weighted by molar-refractivity contribution is 0.215. The van der Waals surface area contributed by atoms with E-state index >= 15 is 0 Å². The number of rotatable bonds is 4. The number of piperidine rings is 2. The quantitative estimate of drug-likeness (QED) is 0.568. The van der Waals surface area contributed by atoms with E-state index in [9.17, 15) is 0 Å². The SMILES string of the molecule is CCOC.Cc1ccc(N2CCC(C3CCN(c4nc(C(C)(C)C)cs4)CC3)CC2)cc1.O. The molecule has 4 rings (SSSR count). The van der Waals surface area contributed by atoms with Crippen LogP contribution in [0, 0.1) is 18.8 Å². The molecule has 0 aliphatic carbocycles. The molecule has 0 amide bonds. The van der Waals surface area contributed by atoms with Crippen LogP contribution in [0.3, 0.4) is 0 Å². The summed E-state index contributed by atoms with van der Waals surface area (Å²) in [6.45, 7) is 16.5. The van der Waals surface area contributed by atoms with Crippen LogP contribution in [-0.4, -0.2) is 50.4 Å². The van der Waals surface area contributed by atoms with Crippen molar-refractivity contribution in [2.24, 2.45) is 11.8 Å². The normalized spacial score (nSPS) is 17.9. The minimum atomic E-state index is 0. The summed E-state index contributed by atoms with van der Waals surface area (Å²) in [7, 11) is 1.68. The molecule has 6 heteroatoms. The van der Waals surface area contributed by atoms with Crippen molar-refractivity contribution in [2.75, 3.05) is 49.7 Å². The number of benzene rings is 1. The molecular formula is C27H45N3O2S. The average Bonchev–Trinajstić information content (AvgIpc) is 3.31. The van der Waals surface area contributed by atoms with Crippen LogP contribution in [0.2, 0.25) is 0 Å². The van der Waals surface area contributed by atoms with Gasteiger partial charge in [-0.3, -0.25) is 0 Å². The predicted octanol–water partition coefficient (Wildman–Crippen LogP) is 5.71. The van der Waals surface area contributed by atoms with Crippen molar-refractivity contribution in [1.29, 1.82) is 0 Å². The Morgan fingerprint density at radius 3 is 1.85 bits per heavy atom. The van der Waals surface area contributed by atoms with E-state index in [-0.39, 0.29) is 10.9 Å². The fourth-order valence-corrected chi connectivity index (χ4v) is 5.81. The maximum absolute atomic E-state index is 4.93. The number of aryl methyl sites for hydroxylation is 1. The Balaban J connectivity index is 0.000000714. The first-order chi connectivity index (χ1) is 15.3. The Labute approximate surface area is 205 Å². The summed E-state index contributed by atoms with van der Waals surface area (Å²) in [5.41, 5.74) is 4.13. The molecule has 2 saturated heterocycles. The number of hydrogen-bond donors (Lipinski definition) is 0. The second-order valence-electron chi connectivity index (χ2n) is 10.3. The van der Waals surface area contributed by atoms with Crippen molar-refractivity contribution in [2.45, 2.75) is 65.7 Å². The minimum Gasteiger partial charge on any atom is -0.412 e. The third-order valence-corrected chi connectivity index (χ3v) is 7.87. The van der Waals surface area contributed by atoms with Gasteiger partial charge in [-0.05, 0) is 63.5 Å². The zero-order valence-electron chi connectivity index (χ0n) is 21.6. The Morgan fingerprint density at radius 1 is 0.939 bits per heavy atom. The number of aromatic nitrogens is 1. The van der Waals surface area contributed by atoms with E-state index < -0.39 is 0 Å². The van der Waals surface area contributed by atoms with Crippen molar-refractivity contribution in [1.82, 2.24) is 4.98 Å². The van der Waals surface area contributed by atoms with Crippen LogP contribution in [0.4, 0.5) is 10.8 Å². The Kier molecular flexibility index (Phi) is 10.6. The van der Waals surface area contributed by atoms with E-state index in [0.717, 1.165) is 18.4 Å². The summed E-state index contributed by atoms with van der Waals surface area (Å²) in [6, 6.07) is 9.05. The van der Waals surface area contributed by atoms with Crippen LogP contribution in [0.5, 0.6) is 0 Å². The van der Waals surface area contributed by atoms with Crippen LogP contribution in [0.1, 0.15) is 64.6 Å². The summed E-state index contributed by atoms with van der Waals surface area (Å²) in [5.74, 6) is 1.81. The first-order valence-corrected chi connectivity index (χ1v) is 13.2. The molecular weight excluding hydrogens is 430 g/mol. The topological polar surface area (TPSA) is 60.1 Å². The van der Waals surface area contributed by atoms with Crippen LogP contribution in [-0.2, 0) is 10.2 Å². The van der Waals surface area contributed by atoms with Gasteiger partial charge < -0.3 is 20.0 Å². The highest BCUT2D eigenvalue weighted by Gasteiger charge is 2.30. The summed E-state index contributed by atoms with van der Waals surface area (Å²) in [6.07, 6.45) is 5.37. The highest BCUT2D eigenvalue weighted by atomic mass is 32.1. The largest absolute Gasteiger partial charge is 0.412 e. The van der Waals surface area contributed by atoms with E-state index in [4.69, 9.17) is 4.98 Å². The molecule has 0 saturated carbocycles. The lowest BCUT2D eigenvalue weighted by Gasteiger charge is -2.41. The maximum Gasteiger partial charge on any atom is 0.185 e. The van der Waals surface area contributed by atoms with Gasteiger partial charge in [0, 0.05) is 56.4 Å². The molecule has 2 fully saturated rings. The molecule has 2 aliphatic heterocycles. The average molecular weight is 476 g/mol. The second-order valence-corrected chi connectivity index (χ2v) is 11.2. The third-order valence-electron chi connectivity index (χ3n) is 6.96. The Bertz CT molecular complexity index is 798. The highest BCUT2D eigenvalue weighted by molar-refractivity contribution is 7.13. The van der Waals surface area contributed by atoms with Crippen molar-refractivity contribution < 1.29 is 10.2 Å². The number of ether oxygens (including phenoxy) is 1. The molecule has 0 bridgehead atoms. The summed E-state index contributed by atoms with van der Waals surface area (Å²) >= 11 is 1.83. The monoisotopic (exact) mass is 475 g/mol. The standard InChI is InChI=1S/C24H35N3S.C3H8O.H2O/c1-18-5-7-21(8-6-18)26-13-9-19(10-14-26)20-11-15-27(16-12-20)23-25-22(17-28-23)24(2,3)4;1-3-4-2;/h5-8,17,19-20H,9-16H2,1-4H3;3H2,1-2H3;1H2. The first-order valence-electron chi connectivity index (χ1n) is 12.3. The molecule has 3 heterocycles. The number of anilines is 2. The Morgan fingerprint density at radius 2 is 1.42 bits per heavy atom. The van der Waals surface area contributed by atoms with Crippen molar-refractivity contribution >= 4 is 22.2 Å². The molecule has 0 atom stereocenters. The van der Waals surface area contributed by atoms with Gasteiger partial charge in [-0.25, -0.2) is 4.98 Å². The van der Waals surface area contributed by atoms with Crippen LogP contribution >= 0.6 is 11.3 Å². The fraction of sp³-hybridized carbons (Fsp3) is 0.667. The van der Waals surface area contributed by atoms with Gasteiger partial charge in [0.05, 0.1) is 5.69 Å². The molecule has 0 unspecified atom stereocenters.